The molecule has 0 aromatic heterocycles. The Bertz CT molecular complexity index is 951. The normalized spacial score (nSPS) is 18.3. The van der Waals surface area contributed by atoms with Gasteiger partial charge in [-0.1, -0.05) is 29.8 Å². The molecule has 0 N–H and O–H groups in total. The number of rotatable bonds is 5. The Kier molecular flexibility index (Phi) is 5.62. The second-order valence-corrected chi connectivity index (χ2v) is 10.7. The minimum absolute atomic E-state index is 0.232. The number of hydrogen-bond donors (Lipinski definition) is 0. The van der Waals surface area contributed by atoms with Crippen molar-refractivity contribution in [3.05, 3.63) is 54.1 Å². The maximum absolute atomic E-state index is 13.3. The van der Waals surface area contributed by atoms with Crippen molar-refractivity contribution in [1.29, 1.82) is 0 Å². The molecule has 29 heavy (non-hydrogen) atoms. The van der Waals surface area contributed by atoms with Crippen LogP contribution in [0.3, 0.4) is 0 Å². The maximum Gasteiger partial charge on any atom is 0.494 e. The van der Waals surface area contributed by atoms with E-state index in [4.69, 9.17) is 9.31 Å². The average molecular weight is 415 g/mol. The van der Waals surface area contributed by atoms with Crippen molar-refractivity contribution < 1.29 is 17.7 Å². The number of sulfonamides is 1. The number of nitrogens with zero attached hydrogens (tertiary/aromatic N) is 1. The lowest BCUT2D eigenvalue weighted by molar-refractivity contribution is 0.00578. The van der Waals surface area contributed by atoms with E-state index in [1.807, 2.05) is 84.9 Å². The summed E-state index contributed by atoms with van der Waals surface area (Å²) in [4.78, 5) is 0.284. The SMILES string of the molecule is Cc1ccc(S(=O)(=O)N(c2ccc(B3OC(C)(C)C(C)(C)O3)cc2)C(C)C)cc1. The Labute approximate surface area is 175 Å². The van der Waals surface area contributed by atoms with Crippen LogP contribution in [0.4, 0.5) is 5.69 Å². The first-order chi connectivity index (χ1) is 13.3. The first kappa shape index (κ1) is 21.9. The monoisotopic (exact) mass is 415 g/mol. The first-order valence-electron chi connectivity index (χ1n) is 9.92. The summed E-state index contributed by atoms with van der Waals surface area (Å²) < 4.78 is 40.2. The molecule has 0 aliphatic carbocycles. The molecule has 1 fully saturated rings. The van der Waals surface area contributed by atoms with Crippen LogP contribution in [0.1, 0.15) is 47.1 Å². The van der Waals surface area contributed by atoms with Gasteiger partial charge in [0.05, 0.1) is 21.8 Å². The summed E-state index contributed by atoms with van der Waals surface area (Å²) in [5.74, 6) is 0. The lowest BCUT2D eigenvalue weighted by Crippen LogP contribution is -2.41. The molecule has 0 spiro atoms. The van der Waals surface area contributed by atoms with E-state index in [1.165, 1.54) is 4.31 Å². The maximum atomic E-state index is 13.3. The van der Waals surface area contributed by atoms with Crippen LogP contribution in [0.15, 0.2) is 53.4 Å². The summed E-state index contributed by atoms with van der Waals surface area (Å²) >= 11 is 0. The molecule has 1 aliphatic heterocycles. The largest absolute Gasteiger partial charge is 0.494 e. The Morgan fingerprint density at radius 1 is 0.862 bits per heavy atom. The molecule has 3 rings (SSSR count). The van der Waals surface area contributed by atoms with E-state index in [0.29, 0.717) is 5.69 Å². The minimum Gasteiger partial charge on any atom is -0.399 e. The molecule has 1 aliphatic rings. The van der Waals surface area contributed by atoms with Gasteiger partial charge in [-0.05, 0) is 78.2 Å². The van der Waals surface area contributed by atoms with Gasteiger partial charge < -0.3 is 9.31 Å². The zero-order valence-electron chi connectivity index (χ0n) is 18.3. The summed E-state index contributed by atoms with van der Waals surface area (Å²) in [5.41, 5.74) is 1.65. The molecule has 156 valence electrons. The third kappa shape index (κ3) is 4.09. The van der Waals surface area contributed by atoms with E-state index in [-0.39, 0.29) is 10.9 Å². The van der Waals surface area contributed by atoms with Gasteiger partial charge in [0, 0.05) is 6.04 Å². The Hall–Kier alpha value is -1.83. The Balaban J connectivity index is 1.91. The summed E-state index contributed by atoms with van der Waals surface area (Å²) in [7, 11) is -4.14. The van der Waals surface area contributed by atoms with Gasteiger partial charge in [0.25, 0.3) is 10.0 Å². The van der Waals surface area contributed by atoms with E-state index in [9.17, 15) is 8.42 Å². The van der Waals surface area contributed by atoms with Gasteiger partial charge in [0.2, 0.25) is 0 Å². The van der Waals surface area contributed by atoms with Crippen LogP contribution in [0.25, 0.3) is 0 Å². The summed E-state index contributed by atoms with van der Waals surface area (Å²) in [6.45, 7) is 13.7. The van der Waals surface area contributed by atoms with Crippen LogP contribution in [-0.4, -0.2) is 32.8 Å². The van der Waals surface area contributed by atoms with Gasteiger partial charge >= 0.3 is 7.12 Å². The number of aryl methyl sites for hydroxylation is 1. The first-order valence-corrected chi connectivity index (χ1v) is 11.4. The van der Waals surface area contributed by atoms with Crippen LogP contribution in [0.2, 0.25) is 0 Å². The van der Waals surface area contributed by atoms with Crippen molar-refractivity contribution in [2.45, 2.75) is 70.6 Å². The molecule has 2 aromatic rings. The van der Waals surface area contributed by atoms with Crippen LogP contribution >= 0.6 is 0 Å². The molecule has 0 amide bonds. The topological polar surface area (TPSA) is 55.8 Å². The van der Waals surface area contributed by atoms with Crippen molar-refractivity contribution in [3.8, 4) is 0 Å². The van der Waals surface area contributed by atoms with E-state index in [0.717, 1.165) is 11.0 Å². The average Bonchev–Trinajstić information content (AvgIpc) is 2.83. The molecule has 0 bridgehead atoms. The molecule has 7 heteroatoms. The number of hydrogen-bond acceptors (Lipinski definition) is 4. The fourth-order valence-corrected chi connectivity index (χ4v) is 4.96. The summed E-state index contributed by atoms with van der Waals surface area (Å²) in [5, 5.41) is 0. The van der Waals surface area contributed by atoms with Crippen LogP contribution < -0.4 is 9.77 Å². The van der Waals surface area contributed by atoms with E-state index in [2.05, 4.69) is 0 Å². The lowest BCUT2D eigenvalue weighted by Gasteiger charge is -2.32. The Morgan fingerprint density at radius 2 is 1.34 bits per heavy atom. The predicted molar refractivity (Wildman–Crippen MR) is 118 cm³/mol. The molecule has 0 radical (unpaired) electrons. The summed E-state index contributed by atoms with van der Waals surface area (Å²) in [6, 6.07) is 14.1. The third-order valence-corrected chi connectivity index (χ3v) is 7.74. The van der Waals surface area contributed by atoms with Crippen LogP contribution in [-0.2, 0) is 19.3 Å². The molecular weight excluding hydrogens is 385 g/mol. The third-order valence-electron chi connectivity index (χ3n) is 5.72. The highest BCUT2D eigenvalue weighted by Crippen LogP contribution is 2.36. The van der Waals surface area contributed by atoms with E-state index in [1.54, 1.807) is 12.1 Å². The fourth-order valence-electron chi connectivity index (χ4n) is 3.30. The quantitative estimate of drug-likeness (QED) is 0.696. The van der Waals surface area contributed by atoms with Gasteiger partial charge in [0.1, 0.15) is 0 Å². The highest BCUT2D eigenvalue weighted by atomic mass is 32.2. The van der Waals surface area contributed by atoms with Gasteiger partial charge in [-0.3, -0.25) is 4.31 Å². The second kappa shape index (κ2) is 7.45. The molecule has 2 aromatic carbocycles. The summed E-state index contributed by atoms with van der Waals surface area (Å²) in [6.07, 6.45) is 0. The highest BCUT2D eigenvalue weighted by Gasteiger charge is 2.51. The zero-order chi connectivity index (χ0) is 21.6. The molecule has 1 heterocycles. The van der Waals surface area contributed by atoms with Crippen molar-refractivity contribution in [3.63, 3.8) is 0 Å². The van der Waals surface area contributed by atoms with Crippen LogP contribution in [0.5, 0.6) is 0 Å². The predicted octanol–water partition coefficient (Wildman–Crippen LogP) is 3.90. The molecular formula is C22H30BNO4S. The van der Waals surface area contributed by atoms with Gasteiger partial charge in [-0.25, -0.2) is 8.42 Å². The van der Waals surface area contributed by atoms with Crippen molar-refractivity contribution in [2.24, 2.45) is 0 Å². The van der Waals surface area contributed by atoms with Crippen molar-refractivity contribution in [2.75, 3.05) is 4.31 Å². The highest BCUT2D eigenvalue weighted by molar-refractivity contribution is 7.92. The molecule has 5 nitrogen and oxygen atoms in total. The fraction of sp³-hybridized carbons (Fsp3) is 0.455. The number of benzene rings is 2. The zero-order valence-corrected chi connectivity index (χ0v) is 19.1. The van der Waals surface area contributed by atoms with Crippen LogP contribution in [0, 0.1) is 6.92 Å². The second-order valence-electron chi connectivity index (χ2n) is 8.89. The van der Waals surface area contributed by atoms with E-state index >= 15 is 0 Å². The lowest BCUT2D eigenvalue weighted by atomic mass is 9.79. The molecule has 0 unspecified atom stereocenters. The van der Waals surface area contributed by atoms with Gasteiger partial charge in [-0.15, -0.1) is 0 Å². The van der Waals surface area contributed by atoms with E-state index < -0.39 is 28.3 Å². The Morgan fingerprint density at radius 3 is 1.79 bits per heavy atom. The van der Waals surface area contributed by atoms with Crippen molar-refractivity contribution >= 4 is 28.3 Å². The minimum atomic E-state index is -3.67. The smallest absolute Gasteiger partial charge is 0.399 e. The van der Waals surface area contributed by atoms with Crippen molar-refractivity contribution in [1.82, 2.24) is 0 Å². The van der Waals surface area contributed by atoms with Gasteiger partial charge in [-0.2, -0.15) is 0 Å². The molecule has 0 saturated carbocycles. The molecule has 0 atom stereocenters. The standard InChI is InChI=1S/C22H30BNO4S/c1-16(2)24(29(25,26)20-14-8-17(3)9-15-20)19-12-10-18(11-13-19)23-27-21(4,5)22(6,7)28-23/h8-16H,1-7H3. The van der Waals surface area contributed by atoms with Gasteiger partial charge in [0.15, 0.2) is 0 Å². The molecule has 1 saturated heterocycles. The number of anilines is 1.